The number of hydrogen-bond acceptors (Lipinski definition) is 8. The molecule has 0 spiro atoms. The average Bonchev–Trinajstić information content (AvgIpc) is 3.03. The van der Waals surface area contributed by atoms with Crippen LogP contribution in [0.4, 0.5) is 0 Å². The molecule has 1 aliphatic carbocycles. The number of nitrogens with zero attached hydrogens (tertiary/aromatic N) is 1. The molecule has 1 saturated carbocycles. The van der Waals surface area contributed by atoms with E-state index < -0.39 is 44.2 Å². The van der Waals surface area contributed by atoms with E-state index in [-0.39, 0.29) is 25.0 Å². The van der Waals surface area contributed by atoms with Crippen molar-refractivity contribution in [3.05, 3.63) is 65.7 Å². The van der Waals surface area contributed by atoms with Gasteiger partial charge in [-0.05, 0) is 77.3 Å². The van der Waals surface area contributed by atoms with E-state index in [0.717, 1.165) is 36.6 Å². The first kappa shape index (κ1) is 38.8. The lowest BCUT2D eigenvalue weighted by atomic mass is 9.72. The van der Waals surface area contributed by atoms with E-state index in [1.165, 1.54) is 26.7 Å². The molecule has 0 bridgehead atoms. The van der Waals surface area contributed by atoms with Crippen LogP contribution in [0.3, 0.4) is 0 Å². The minimum Gasteiger partial charge on any atom is -0.496 e. The van der Waals surface area contributed by atoms with Crippen LogP contribution in [0, 0.1) is 11.8 Å². The molecular weight excluding hydrogens is 641 g/mol. The molecule has 49 heavy (non-hydrogen) atoms. The van der Waals surface area contributed by atoms with Crippen LogP contribution in [-0.4, -0.2) is 91.2 Å². The molecule has 10 nitrogen and oxygen atoms in total. The van der Waals surface area contributed by atoms with Crippen molar-refractivity contribution >= 4 is 21.7 Å². The SMILES string of the molecule is COc1ccccc1CN[C@H](C(=O)N[C@@H](Cc1ccccc1)[C@H](O)CN1CC2CCCCC2C[C@H]1C(=O)NC(C)(C)C)C(C)(C)S(C)(=O)=O. The largest absolute Gasteiger partial charge is 0.496 e. The van der Waals surface area contributed by atoms with Crippen molar-refractivity contribution in [3.63, 3.8) is 0 Å². The number of β-amino-alcohol motifs (C(OH)–C–C–N with tert-alkyl or cyclic N) is 1. The second kappa shape index (κ2) is 16.4. The maximum atomic E-state index is 14.3. The van der Waals surface area contributed by atoms with E-state index in [0.29, 0.717) is 30.6 Å². The van der Waals surface area contributed by atoms with Crippen molar-refractivity contribution in [2.45, 2.75) is 114 Å². The van der Waals surface area contributed by atoms with Crippen LogP contribution >= 0.6 is 0 Å². The monoisotopic (exact) mass is 698 g/mol. The summed E-state index contributed by atoms with van der Waals surface area (Å²) in [6.07, 6.45) is 5.73. The molecule has 2 unspecified atom stereocenters. The van der Waals surface area contributed by atoms with Gasteiger partial charge in [0.1, 0.15) is 11.8 Å². The van der Waals surface area contributed by atoms with Crippen molar-refractivity contribution in [1.82, 2.24) is 20.9 Å². The summed E-state index contributed by atoms with van der Waals surface area (Å²) < 4.78 is 30.2. The molecule has 11 heteroatoms. The van der Waals surface area contributed by atoms with Crippen molar-refractivity contribution in [3.8, 4) is 5.75 Å². The predicted molar refractivity (Wildman–Crippen MR) is 194 cm³/mol. The molecule has 0 aromatic heterocycles. The number of para-hydroxylation sites is 1. The number of benzene rings is 2. The van der Waals surface area contributed by atoms with Crippen LogP contribution in [-0.2, 0) is 32.4 Å². The maximum Gasteiger partial charge on any atom is 0.239 e. The normalized spacial score (nSPS) is 22.3. The Morgan fingerprint density at radius 2 is 1.61 bits per heavy atom. The van der Waals surface area contributed by atoms with Crippen LogP contribution < -0.4 is 20.7 Å². The molecule has 4 rings (SSSR count). The van der Waals surface area contributed by atoms with Gasteiger partial charge >= 0.3 is 0 Å². The van der Waals surface area contributed by atoms with Crippen molar-refractivity contribution in [1.29, 1.82) is 0 Å². The fourth-order valence-corrected chi connectivity index (χ4v) is 7.96. The van der Waals surface area contributed by atoms with Gasteiger partial charge in [0.05, 0.1) is 30.0 Å². The van der Waals surface area contributed by atoms with Gasteiger partial charge in [0, 0.05) is 37.0 Å². The van der Waals surface area contributed by atoms with Gasteiger partial charge < -0.3 is 25.8 Å². The Hall–Kier alpha value is -2.99. The number of ether oxygens (including phenoxy) is 1. The minimum absolute atomic E-state index is 0.0390. The summed E-state index contributed by atoms with van der Waals surface area (Å²) in [5.74, 6) is 0.989. The highest BCUT2D eigenvalue weighted by atomic mass is 32.2. The zero-order valence-corrected chi connectivity index (χ0v) is 31.2. The number of nitrogens with one attached hydrogen (secondary N) is 3. The van der Waals surface area contributed by atoms with Crippen molar-refractivity contribution in [2.75, 3.05) is 26.5 Å². The summed E-state index contributed by atoms with van der Waals surface area (Å²) in [5.41, 5.74) is 1.30. The molecule has 6 atom stereocenters. The van der Waals surface area contributed by atoms with Gasteiger partial charge in [-0.2, -0.15) is 0 Å². The molecule has 4 N–H and O–H groups in total. The molecule has 1 heterocycles. The number of methoxy groups -OCH3 is 1. The number of amides is 2. The van der Waals surface area contributed by atoms with E-state index in [4.69, 9.17) is 4.74 Å². The van der Waals surface area contributed by atoms with E-state index in [1.54, 1.807) is 7.11 Å². The first-order valence-electron chi connectivity index (χ1n) is 17.6. The molecule has 2 aromatic rings. The number of likely N-dealkylation sites (tertiary alicyclic amines) is 1. The number of rotatable bonds is 14. The van der Waals surface area contributed by atoms with Gasteiger partial charge in [0.2, 0.25) is 11.8 Å². The molecule has 2 aliphatic rings. The average molecular weight is 699 g/mol. The highest BCUT2D eigenvalue weighted by Crippen LogP contribution is 2.39. The Labute approximate surface area is 293 Å². The molecule has 1 aliphatic heterocycles. The number of fused-ring (bicyclic) bond motifs is 1. The van der Waals surface area contributed by atoms with E-state index in [9.17, 15) is 23.1 Å². The Morgan fingerprint density at radius 1 is 0.980 bits per heavy atom. The van der Waals surface area contributed by atoms with Gasteiger partial charge in [0.15, 0.2) is 9.84 Å². The fourth-order valence-electron chi connectivity index (χ4n) is 7.34. The van der Waals surface area contributed by atoms with E-state index in [2.05, 4.69) is 20.9 Å². The third-order valence-corrected chi connectivity index (χ3v) is 12.6. The second-order valence-electron chi connectivity index (χ2n) is 15.6. The fraction of sp³-hybridized carbons (Fsp3) is 0.632. The van der Waals surface area contributed by atoms with Crippen molar-refractivity contribution < 1.29 is 27.9 Å². The lowest BCUT2D eigenvalue weighted by molar-refractivity contribution is -0.133. The summed E-state index contributed by atoms with van der Waals surface area (Å²) in [5, 5.41) is 21.4. The molecule has 0 radical (unpaired) electrons. The van der Waals surface area contributed by atoms with Crippen LogP contribution in [0.2, 0.25) is 0 Å². The van der Waals surface area contributed by atoms with Crippen LogP contribution in [0.5, 0.6) is 5.75 Å². The smallest absolute Gasteiger partial charge is 0.239 e. The number of sulfone groups is 1. The molecule has 2 aromatic carbocycles. The van der Waals surface area contributed by atoms with Gasteiger partial charge in [-0.25, -0.2) is 8.42 Å². The maximum absolute atomic E-state index is 14.3. The van der Waals surface area contributed by atoms with Gasteiger partial charge in [-0.15, -0.1) is 0 Å². The number of piperidine rings is 1. The highest BCUT2D eigenvalue weighted by molar-refractivity contribution is 7.92. The summed E-state index contributed by atoms with van der Waals surface area (Å²) in [6, 6.07) is 14.7. The summed E-state index contributed by atoms with van der Waals surface area (Å²) in [6.45, 7) is 10.1. The Balaban J connectivity index is 1.62. The van der Waals surface area contributed by atoms with Crippen LogP contribution in [0.25, 0.3) is 0 Å². The number of aliphatic hydroxyl groups is 1. The summed E-state index contributed by atoms with van der Waals surface area (Å²) >= 11 is 0. The van der Waals surface area contributed by atoms with E-state index >= 15 is 0 Å². The Kier molecular flexibility index (Phi) is 13.0. The lowest BCUT2D eigenvalue weighted by Gasteiger charge is -2.47. The van der Waals surface area contributed by atoms with Crippen LogP contribution in [0.15, 0.2) is 54.6 Å². The lowest BCUT2D eigenvalue weighted by Crippen LogP contribution is -2.63. The molecular formula is C38H58N4O6S. The predicted octanol–water partition coefficient (Wildman–Crippen LogP) is 3.86. The standard InChI is InChI=1S/C38H58N4O6S/c1-37(2,3)41-35(44)31-22-27-17-11-12-19-29(27)24-42(31)25-32(43)30(21-26-15-9-8-10-16-26)40-36(45)34(38(4,5)49(7,46)47)39-23-28-18-13-14-20-33(28)48-6/h8-10,13-16,18,20,27,29-32,34,39,43H,11-12,17,19,21-25H2,1-7H3,(H,40,45)(H,41,44)/t27?,29?,30-,31-,32+,34+/m0/s1. The summed E-state index contributed by atoms with van der Waals surface area (Å²) in [4.78, 5) is 30.0. The van der Waals surface area contributed by atoms with Crippen molar-refractivity contribution in [2.24, 2.45) is 11.8 Å². The Bertz CT molecular complexity index is 1510. The van der Waals surface area contributed by atoms with Crippen LogP contribution in [0.1, 0.15) is 77.8 Å². The topological polar surface area (TPSA) is 137 Å². The van der Waals surface area contributed by atoms with E-state index in [1.807, 2.05) is 75.4 Å². The first-order valence-corrected chi connectivity index (χ1v) is 19.5. The molecule has 272 valence electrons. The zero-order chi connectivity index (χ0) is 36.0. The second-order valence-corrected chi connectivity index (χ2v) is 18.2. The van der Waals surface area contributed by atoms with Gasteiger partial charge in [0.25, 0.3) is 0 Å². The number of carbonyl (C=O) groups excluding carboxylic acids is 2. The molecule has 1 saturated heterocycles. The third-order valence-electron chi connectivity index (χ3n) is 10.4. The molecule has 2 amide bonds. The molecule has 2 fully saturated rings. The zero-order valence-electron chi connectivity index (χ0n) is 30.4. The van der Waals surface area contributed by atoms with Gasteiger partial charge in [-0.1, -0.05) is 67.8 Å². The van der Waals surface area contributed by atoms with Gasteiger partial charge in [-0.3, -0.25) is 14.5 Å². The Morgan fingerprint density at radius 3 is 2.24 bits per heavy atom. The minimum atomic E-state index is -3.72. The first-order chi connectivity index (χ1) is 23.0. The number of carbonyl (C=O) groups is 2. The third kappa shape index (κ3) is 10.3. The highest BCUT2D eigenvalue weighted by Gasteiger charge is 2.45. The summed E-state index contributed by atoms with van der Waals surface area (Å²) in [7, 11) is -2.15. The number of hydrogen-bond donors (Lipinski definition) is 4. The number of aliphatic hydroxyl groups excluding tert-OH is 1. The quantitative estimate of drug-likeness (QED) is 0.234.